The number of furan rings is 1. The highest BCUT2D eigenvalue weighted by atomic mass is 32.2. The van der Waals surface area contributed by atoms with Crippen LogP contribution in [0.2, 0.25) is 0 Å². The van der Waals surface area contributed by atoms with Crippen molar-refractivity contribution >= 4 is 11.8 Å². The summed E-state index contributed by atoms with van der Waals surface area (Å²) in [5.41, 5.74) is 2.45. The number of hydrogen-bond donors (Lipinski definition) is 0. The lowest BCUT2D eigenvalue weighted by Crippen LogP contribution is -2.10. The molecule has 3 heterocycles. The summed E-state index contributed by atoms with van der Waals surface area (Å²) in [6, 6.07) is 12.5. The molecule has 0 aliphatic rings. The maximum atomic E-state index is 5.60. The summed E-state index contributed by atoms with van der Waals surface area (Å²) in [6.07, 6.45) is 5.54. The average Bonchev–Trinajstić information content (AvgIpc) is 3.47. The molecule has 0 aliphatic carbocycles. The lowest BCUT2D eigenvalue weighted by molar-refractivity contribution is 0.485. The van der Waals surface area contributed by atoms with E-state index in [0.29, 0.717) is 6.54 Å². The molecule has 7 heteroatoms. The molecule has 0 amide bonds. The minimum absolute atomic E-state index is 0.114. The van der Waals surface area contributed by atoms with Crippen LogP contribution < -0.4 is 0 Å². The van der Waals surface area contributed by atoms with E-state index in [1.165, 1.54) is 5.56 Å². The Balaban J connectivity index is 1.65. The lowest BCUT2D eigenvalue weighted by Gasteiger charge is -2.19. The number of imidazole rings is 1. The van der Waals surface area contributed by atoms with Crippen LogP contribution in [-0.4, -0.2) is 24.3 Å². The topological polar surface area (TPSA) is 61.7 Å². The number of hydrogen-bond acceptors (Lipinski definition) is 5. The molecule has 0 atom stereocenters. The van der Waals surface area contributed by atoms with Gasteiger partial charge < -0.3 is 8.98 Å². The first-order valence-corrected chi connectivity index (χ1v) is 11.1. The molecule has 30 heavy (non-hydrogen) atoms. The van der Waals surface area contributed by atoms with E-state index in [1.807, 2.05) is 24.5 Å². The van der Waals surface area contributed by atoms with Gasteiger partial charge in [0, 0.05) is 24.5 Å². The number of thioether (sulfide) groups is 1. The Hall–Kier alpha value is -2.80. The summed E-state index contributed by atoms with van der Waals surface area (Å²) < 4.78 is 9.87. The van der Waals surface area contributed by atoms with Crippen molar-refractivity contribution in [3.63, 3.8) is 0 Å². The molecule has 0 aliphatic heterocycles. The van der Waals surface area contributed by atoms with Crippen molar-refractivity contribution in [2.45, 2.75) is 57.1 Å². The van der Waals surface area contributed by atoms with Gasteiger partial charge in [0.1, 0.15) is 11.6 Å². The average molecular weight is 422 g/mol. The fraction of sp³-hybridized carbons (Fsp3) is 0.348. The second-order valence-corrected chi connectivity index (χ2v) is 9.16. The van der Waals surface area contributed by atoms with Gasteiger partial charge in [-0.15, -0.1) is 10.2 Å². The second-order valence-electron chi connectivity index (χ2n) is 8.22. The maximum absolute atomic E-state index is 5.60. The number of nitrogens with zero attached hydrogens (tertiary/aromatic N) is 5. The Bertz CT molecular complexity index is 1090. The highest BCUT2D eigenvalue weighted by Crippen LogP contribution is 2.29. The summed E-state index contributed by atoms with van der Waals surface area (Å²) in [6.45, 7) is 10.3. The molecule has 0 N–H and O–H groups in total. The van der Waals surface area contributed by atoms with Crippen LogP contribution in [0.25, 0.3) is 11.4 Å². The van der Waals surface area contributed by atoms with E-state index in [2.05, 4.69) is 76.3 Å². The van der Waals surface area contributed by atoms with Crippen molar-refractivity contribution in [3.8, 4) is 11.4 Å². The van der Waals surface area contributed by atoms with Gasteiger partial charge in [0.05, 0.1) is 18.6 Å². The SMILES string of the molecule is CCn1ccnc1CSc1nnc(-c2ccc(C(C)(C)C)cc2)n1Cc1ccco1. The predicted molar refractivity (Wildman–Crippen MR) is 119 cm³/mol. The number of aryl methyl sites for hydroxylation is 1. The smallest absolute Gasteiger partial charge is 0.192 e. The van der Waals surface area contributed by atoms with E-state index in [1.54, 1.807) is 18.0 Å². The van der Waals surface area contributed by atoms with Gasteiger partial charge in [0.2, 0.25) is 0 Å². The number of rotatable bonds is 7. The van der Waals surface area contributed by atoms with Gasteiger partial charge in [-0.05, 0) is 30.0 Å². The molecule has 0 fully saturated rings. The summed E-state index contributed by atoms with van der Waals surface area (Å²) >= 11 is 1.64. The standard InChI is InChI=1S/C23H27N5OS/c1-5-27-13-12-24-20(27)16-30-22-26-25-21(28(22)15-19-7-6-14-29-19)17-8-10-18(11-9-17)23(2,3)4/h6-14H,5,15-16H2,1-4H3. The molecule has 4 aromatic rings. The Morgan fingerprint density at radius 1 is 1.07 bits per heavy atom. The summed E-state index contributed by atoms with van der Waals surface area (Å²) in [7, 11) is 0. The molecular weight excluding hydrogens is 394 g/mol. The Morgan fingerprint density at radius 2 is 1.87 bits per heavy atom. The summed E-state index contributed by atoms with van der Waals surface area (Å²) in [5, 5.41) is 9.87. The van der Waals surface area contributed by atoms with E-state index in [9.17, 15) is 0 Å². The van der Waals surface area contributed by atoms with Gasteiger partial charge in [-0.2, -0.15) is 0 Å². The molecule has 1 aromatic carbocycles. The Morgan fingerprint density at radius 3 is 2.53 bits per heavy atom. The number of benzene rings is 1. The van der Waals surface area contributed by atoms with Gasteiger partial charge in [0.25, 0.3) is 0 Å². The summed E-state index contributed by atoms with van der Waals surface area (Å²) in [4.78, 5) is 4.47. The molecule has 156 valence electrons. The third kappa shape index (κ3) is 4.36. The van der Waals surface area contributed by atoms with E-state index in [-0.39, 0.29) is 5.41 Å². The lowest BCUT2D eigenvalue weighted by atomic mass is 9.87. The van der Waals surface area contributed by atoms with Crippen LogP contribution in [0, 0.1) is 0 Å². The largest absolute Gasteiger partial charge is 0.467 e. The zero-order valence-electron chi connectivity index (χ0n) is 17.9. The molecule has 0 radical (unpaired) electrons. The monoisotopic (exact) mass is 421 g/mol. The second kappa shape index (κ2) is 8.52. The fourth-order valence-corrected chi connectivity index (χ4v) is 4.23. The Kier molecular flexibility index (Phi) is 5.81. The van der Waals surface area contributed by atoms with Crippen LogP contribution in [0.3, 0.4) is 0 Å². The minimum atomic E-state index is 0.114. The van der Waals surface area contributed by atoms with Gasteiger partial charge in [-0.25, -0.2) is 4.98 Å². The van der Waals surface area contributed by atoms with Crippen LogP contribution in [0.1, 0.15) is 44.8 Å². The van der Waals surface area contributed by atoms with Crippen LogP contribution in [0.5, 0.6) is 0 Å². The highest BCUT2D eigenvalue weighted by Gasteiger charge is 2.18. The van der Waals surface area contributed by atoms with Crippen LogP contribution in [0.15, 0.2) is 64.6 Å². The molecule has 0 bridgehead atoms. The van der Waals surface area contributed by atoms with Crippen molar-refractivity contribution in [1.29, 1.82) is 0 Å². The van der Waals surface area contributed by atoms with Gasteiger partial charge in [-0.1, -0.05) is 56.8 Å². The molecule has 0 saturated heterocycles. The summed E-state index contributed by atoms with van der Waals surface area (Å²) in [5.74, 6) is 3.48. The van der Waals surface area contributed by atoms with Crippen LogP contribution in [0.4, 0.5) is 0 Å². The first-order chi connectivity index (χ1) is 14.5. The molecule has 3 aromatic heterocycles. The van der Waals surface area contributed by atoms with E-state index in [4.69, 9.17) is 4.42 Å². The predicted octanol–water partition coefficient (Wildman–Crippen LogP) is 5.39. The van der Waals surface area contributed by atoms with Crippen molar-refractivity contribution in [1.82, 2.24) is 24.3 Å². The van der Waals surface area contributed by atoms with Crippen molar-refractivity contribution in [3.05, 3.63) is 72.2 Å². The van der Waals surface area contributed by atoms with Crippen molar-refractivity contribution in [2.24, 2.45) is 0 Å². The van der Waals surface area contributed by atoms with Gasteiger partial charge in [-0.3, -0.25) is 4.57 Å². The molecule has 0 spiro atoms. The normalized spacial score (nSPS) is 11.9. The van der Waals surface area contributed by atoms with Crippen LogP contribution >= 0.6 is 11.8 Å². The maximum Gasteiger partial charge on any atom is 0.192 e. The molecule has 4 rings (SSSR count). The quantitative estimate of drug-likeness (QED) is 0.374. The van der Waals surface area contributed by atoms with E-state index < -0.39 is 0 Å². The molecule has 0 unspecified atom stereocenters. The zero-order valence-corrected chi connectivity index (χ0v) is 18.7. The molecular formula is C23H27N5OS. The third-order valence-electron chi connectivity index (χ3n) is 5.09. The zero-order chi connectivity index (χ0) is 21.1. The molecule has 6 nitrogen and oxygen atoms in total. The van der Waals surface area contributed by atoms with Crippen molar-refractivity contribution in [2.75, 3.05) is 0 Å². The van der Waals surface area contributed by atoms with Crippen LogP contribution in [-0.2, 0) is 24.3 Å². The minimum Gasteiger partial charge on any atom is -0.467 e. The van der Waals surface area contributed by atoms with Gasteiger partial charge >= 0.3 is 0 Å². The van der Waals surface area contributed by atoms with Crippen molar-refractivity contribution < 1.29 is 4.42 Å². The highest BCUT2D eigenvalue weighted by molar-refractivity contribution is 7.98. The third-order valence-corrected chi connectivity index (χ3v) is 6.06. The number of aromatic nitrogens is 5. The van der Waals surface area contributed by atoms with E-state index >= 15 is 0 Å². The van der Waals surface area contributed by atoms with Gasteiger partial charge in [0.15, 0.2) is 11.0 Å². The first kappa shape index (κ1) is 20.5. The first-order valence-electron chi connectivity index (χ1n) is 10.1. The van der Waals surface area contributed by atoms with E-state index in [0.717, 1.165) is 40.4 Å². The molecule has 0 saturated carbocycles. The Labute approximate surface area is 181 Å². The fourth-order valence-electron chi connectivity index (χ4n) is 3.33.